The molecule has 1 N–H and O–H groups in total. The predicted octanol–water partition coefficient (Wildman–Crippen LogP) is 4.53. The summed E-state index contributed by atoms with van der Waals surface area (Å²) in [7, 11) is 0. The van der Waals surface area contributed by atoms with E-state index in [0.29, 0.717) is 17.6 Å². The fraction of sp³-hybridized carbons (Fsp3) is 1.00. The van der Waals surface area contributed by atoms with Crippen molar-refractivity contribution in [3.05, 3.63) is 0 Å². The van der Waals surface area contributed by atoms with Crippen LogP contribution in [-0.2, 0) is 4.74 Å². The van der Waals surface area contributed by atoms with Crippen LogP contribution in [0.25, 0.3) is 0 Å². The Labute approximate surface area is 131 Å². The van der Waals surface area contributed by atoms with E-state index in [9.17, 15) is 0 Å². The van der Waals surface area contributed by atoms with Crippen molar-refractivity contribution in [3.8, 4) is 0 Å². The molecule has 3 aliphatic rings. The van der Waals surface area contributed by atoms with Gasteiger partial charge in [-0.15, -0.1) is 0 Å². The number of hydrogen-bond acceptors (Lipinski definition) is 2. The molecule has 122 valence electrons. The zero-order valence-corrected chi connectivity index (χ0v) is 14.4. The maximum Gasteiger partial charge on any atom is 0.0665 e. The van der Waals surface area contributed by atoms with Gasteiger partial charge >= 0.3 is 0 Å². The third kappa shape index (κ3) is 3.17. The van der Waals surface area contributed by atoms with Gasteiger partial charge in [0, 0.05) is 11.5 Å². The third-order valence-corrected chi connectivity index (χ3v) is 6.51. The highest BCUT2D eigenvalue weighted by atomic mass is 16.5. The van der Waals surface area contributed by atoms with E-state index in [1.165, 1.54) is 57.8 Å². The van der Waals surface area contributed by atoms with Gasteiger partial charge < -0.3 is 10.1 Å². The minimum Gasteiger partial charge on any atom is -0.374 e. The van der Waals surface area contributed by atoms with Crippen LogP contribution in [0.2, 0.25) is 0 Å². The number of hydrogen-bond donors (Lipinski definition) is 1. The molecule has 0 aliphatic heterocycles. The second-order valence-electron chi connectivity index (χ2n) is 8.30. The zero-order chi connectivity index (χ0) is 14.9. The van der Waals surface area contributed by atoms with Crippen molar-refractivity contribution >= 4 is 0 Å². The molecule has 0 saturated heterocycles. The van der Waals surface area contributed by atoms with Crippen molar-refractivity contribution < 1.29 is 4.74 Å². The van der Waals surface area contributed by atoms with Crippen LogP contribution in [0.15, 0.2) is 0 Å². The lowest BCUT2D eigenvalue weighted by Crippen LogP contribution is -2.65. The molecule has 1 spiro atoms. The van der Waals surface area contributed by atoms with Crippen LogP contribution in [0.3, 0.4) is 0 Å². The maximum absolute atomic E-state index is 6.70. The van der Waals surface area contributed by atoms with E-state index < -0.39 is 0 Å². The monoisotopic (exact) mass is 293 g/mol. The summed E-state index contributed by atoms with van der Waals surface area (Å²) in [4.78, 5) is 0. The van der Waals surface area contributed by atoms with Gasteiger partial charge in [0.25, 0.3) is 0 Å². The van der Waals surface area contributed by atoms with Gasteiger partial charge in [-0.3, -0.25) is 0 Å². The topological polar surface area (TPSA) is 21.3 Å². The molecule has 0 aromatic heterocycles. The van der Waals surface area contributed by atoms with Crippen molar-refractivity contribution in [1.82, 2.24) is 5.32 Å². The Kier molecular flexibility index (Phi) is 4.95. The first kappa shape index (κ1) is 15.8. The summed E-state index contributed by atoms with van der Waals surface area (Å²) in [5, 5.41) is 3.75. The Morgan fingerprint density at radius 2 is 1.62 bits per heavy atom. The van der Waals surface area contributed by atoms with Crippen LogP contribution in [0, 0.1) is 17.3 Å². The Hall–Kier alpha value is -0.0800. The highest BCUT2D eigenvalue weighted by molar-refractivity contribution is 5.09. The summed E-state index contributed by atoms with van der Waals surface area (Å²) in [5.41, 5.74) is 0.484. The molecular formula is C19H35NO. The smallest absolute Gasteiger partial charge is 0.0665 e. The first-order chi connectivity index (χ1) is 10.1. The third-order valence-electron chi connectivity index (χ3n) is 6.51. The van der Waals surface area contributed by atoms with Gasteiger partial charge in [0.15, 0.2) is 0 Å². The van der Waals surface area contributed by atoms with E-state index in [0.717, 1.165) is 24.4 Å². The summed E-state index contributed by atoms with van der Waals surface area (Å²) in [6.45, 7) is 8.17. The van der Waals surface area contributed by atoms with E-state index in [2.05, 4.69) is 26.1 Å². The van der Waals surface area contributed by atoms with Crippen molar-refractivity contribution in [3.63, 3.8) is 0 Å². The summed E-state index contributed by atoms with van der Waals surface area (Å²) >= 11 is 0. The SMILES string of the molecule is CCNC1CC(OC2CC(C)CC(C)C2)C12CCCCC2. The van der Waals surface area contributed by atoms with Crippen LogP contribution < -0.4 is 5.32 Å². The lowest BCUT2D eigenvalue weighted by Gasteiger charge is -2.59. The highest BCUT2D eigenvalue weighted by Crippen LogP contribution is 2.54. The fourth-order valence-electron chi connectivity index (χ4n) is 5.57. The maximum atomic E-state index is 6.70. The van der Waals surface area contributed by atoms with Crippen LogP contribution in [-0.4, -0.2) is 24.8 Å². The standard InChI is InChI=1S/C19H35NO/c1-4-20-17-13-18(19(17)8-6-5-7-9-19)21-16-11-14(2)10-15(3)12-16/h14-18,20H,4-13H2,1-3H3. The van der Waals surface area contributed by atoms with Crippen LogP contribution in [0.5, 0.6) is 0 Å². The molecule has 21 heavy (non-hydrogen) atoms. The summed E-state index contributed by atoms with van der Waals surface area (Å²) in [6, 6.07) is 0.728. The fourth-order valence-corrected chi connectivity index (χ4v) is 5.57. The van der Waals surface area contributed by atoms with Gasteiger partial charge in [0.2, 0.25) is 0 Å². The Balaban J connectivity index is 1.62. The number of rotatable bonds is 4. The van der Waals surface area contributed by atoms with Gasteiger partial charge in [0.1, 0.15) is 0 Å². The molecule has 3 fully saturated rings. The second-order valence-corrected chi connectivity index (χ2v) is 8.30. The van der Waals surface area contributed by atoms with Gasteiger partial charge in [0.05, 0.1) is 12.2 Å². The molecule has 2 nitrogen and oxygen atoms in total. The largest absolute Gasteiger partial charge is 0.374 e. The molecule has 3 rings (SSSR count). The Bertz CT molecular complexity index is 326. The minimum atomic E-state index is 0.484. The second kappa shape index (κ2) is 6.58. The van der Waals surface area contributed by atoms with E-state index in [1.54, 1.807) is 0 Å². The molecule has 3 aliphatic carbocycles. The first-order valence-corrected chi connectivity index (χ1v) is 9.53. The first-order valence-electron chi connectivity index (χ1n) is 9.53. The average molecular weight is 293 g/mol. The molecule has 0 aromatic carbocycles. The quantitative estimate of drug-likeness (QED) is 0.822. The van der Waals surface area contributed by atoms with Crippen LogP contribution >= 0.6 is 0 Å². The molecule has 0 amide bonds. The lowest BCUT2D eigenvalue weighted by atomic mass is 9.55. The Morgan fingerprint density at radius 1 is 0.952 bits per heavy atom. The van der Waals surface area contributed by atoms with Gasteiger partial charge in [-0.2, -0.15) is 0 Å². The molecule has 4 unspecified atom stereocenters. The summed E-state index contributed by atoms with van der Waals surface area (Å²) < 4.78 is 6.70. The van der Waals surface area contributed by atoms with Crippen molar-refractivity contribution in [2.24, 2.45) is 17.3 Å². The molecule has 4 atom stereocenters. The number of nitrogens with one attached hydrogen (secondary N) is 1. The summed E-state index contributed by atoms with van der Waals surface area (Å²) in [6.07, 6.45) is 13.4. The normalized spacial score (nSPS) is 42.7. The summed E-state index contributed by atoms with van der Waals surface area (Å²) in [5.74, 6) is 1.70. The predicted molar refractivity (Wildman–Crippen MR) is 88.4 cm³/mol. The number of ether oxygens (including phenoxy) is 1. The van der Waals surface area contributed by atoms with E-state index in [4.69, 9.17) is 4.74 Å². The molecule has 2 heteroatoms. The molecule has 0 bridgehead atoms. The van der Waals surface area contributed by atoms with E-state index in [1.807, 2.05) is 0 Å². The van der Waals surface area contributed by atoms with Gasteiger partial charge in [-0.1, -0.05) is 40.0 Å². The average Bonchev–Trinajstić information content (AvgIpc) is 2.46. The van der Waals surface area contributed by atoms with Crippen LogP contribution in [0.1, 0.15) is 78.6 Å². The van der Waals surface area contributed by atoms with Crippen molar-refractivity contribution in [2.75, 3.05) is 6.54 Å². The van der Waals surface area contributed by atoms with Gasteiger partial charge in [-0.05, 0) is 56.9 Å². The molecule has 0 aromatic rings. The molecule has 0 heterocycles. The van der Waals surface area contributed by atoms with E-state index in [-0.39, 0.29) is 0 Å². The minimum absolute atomic E-state index is 0.484. The van der Waals surface area contributed by atoms with Crippen LogP contribution in [0.4, 0.5) is 0 Å². The lowest BCUT2D eigenvalue weighted by molar-refractivity contribution is -0.186. The van der Waals surface area contributed by atoms with Crippen molar-refractivity contribution in [1.29, 1.82) is 0 Å². The molecule has 0 radical (unpaired) electrons. The zero-order valence-electron chi connectivity index (χ0n) is 14.4. The van der Waals surface area contributed by atoms with E-state index >= 15 is 0 Å². The Morgan fingerprint density at radius 3 is 2.24 bits per heavy atom. The highest BCUT2D eigenvalue weighted by Gasteiger charge is 2.55. The van der Waals surface area contributed by atoms with Crippen molar-refractivity contribution in [2.45, 2.75) is 96.8 Å². The molecule has 3 saturated carbocycles. The molecular weight excluding hydrogens is 258 g/mol. The van der Waals surface area contributed by atoms with Gasteiger partial charge in [-0.25, -0.2) is 0 Å².